The molecular formula is C8H18N2O2. The number of nitrogens with two attached hydrogens (primary N) is 1. The summed E-state index contributed by atoms with van der Waals surface area (Å²) >= 11 is 0. The van der Waals surface area contributed by atoms with E-state index < -0.39 is 6.10 Å². The van der Waals surface area contributed by atoms with Gasteiger partial charge in [-0.1, -0.05) is 6.92 Å². The van der Waals surface area contributed by atoms with Gasteiger partial charge >= 0.3 is 0 Å². The minimum atomic E-state index is -0.487. The van der Waals surface area contributed by atoms with Gasteiger partial charge in [-0.15, -0.1) is 0 Å². The number of carbonyl (C=O) groups excluding carboxylic acids is 1. The maximum atomic E-state index is 11.2. The Hall–Kier alpha value is -0.610. The highest BCUT2D eigenvalue weighted by Gasteiger charge is 2.11. The van der Waals surface area contributed by atoms with E-state index in [0.29, 0.717) is 19.5 Å². The van der Waals surface area contributed by atoms with E-state index in [-0.39, 0.29) is 11.8 Å². The minimum absolute atomic E-state index is 0.0404. The Bertz CT molecular complexity index is 137. The van der Waals surface area contributed by atoms with Crippen molar-refractivity contribution >= 4 is 5.91 Å². The molecule has 0 spiro atoms. The highest BCUT2D eigenvalue weighted by molar-refractivity contribution is 5.78. The average Bonchev–Trinajstić information content (AvgIpc) is 2.00. The van der Waals surface area contributed by atoms with Crippen molar-refractivity contribution in [2.24, 2.45) is 11.7 Å². The lowest BCUT2D eigenvalue weighted by Crippen LogP contribution is -2.35. The summed E-state index contributed by atoms with van der Waals surface area (Å²) in [6, 6.07) is 0. The normalized spacial score (nSPS) is 15.3. The lowest BCUT2D eigenvalue weighted by Gasteiger charge is -2.11. The van der Waals surface area contributed by atoms with E-state index in [4.69, 9.17) is 10.8 Å². The fraction of sp³-hybridized carbons (Fsp3) is 0.875. The van der Waals surface area contributed by atoms with Crippen LogP contribution in [0.5, 0.6) is 0 Å². The third kappa shape index (κ3) is 5.09. The Morgan fingerprint density at radius 3 is 2.58 bits per heavy atom. The fourth-order valence-electron chi connectivity index (χ4n) is 0.804. The molecule has 0 rings (SSSR count). The third-order valence-electron chi connectivity index (χ3n) is 1.62. The molecule has 0 aromatic carbocycles. The zero-order valence-corrected chi connectivity index (χ0v) is 7.71. The van der Waals surface area contributed by atoms with Gasteiger partial charge < -0.3 is 16.2 Å². The van der Waals surface area contributed by atoms with E-state index >= 15 is 0 Å². The first-order valence-electron chi connectivity index (χ1n) is 4.23. The molecule has 2 atom stereocenters. The van der Waals surface area contributed by atoms with Crippen LogP contribution in [0.3, 0.4) is 0 Å². The van der Waals surface area contributed by atoms with Gasteiger partial charge in [0, 0.05) is 12.5 Å². The van der Waals surface area contributed by atoms with Crippen LogP contribution in [-0.2, 0) is 4.79 Å². The van der Waals surface area contributed by atoms with Crippen molar-refractivity contribution in [2.75, 3.05) is 13.1 Å². The van der Waals surface area contributed by atoms with Gasteiger partial charge in [0.15, 0.2) is 0 Å². The molecule has 0 aliphatic carbocycles. The molecule has 0 saturated carbocycles. The molecule has 0 aromatic heterocycles. The van der Waals surface area contributed by atoms with Gasteiger partial charge in [0.1, 0.15) is 0 Å². The molecule has 4 nitrogen and oxygen atoms in total. The smallest absolute Gasteiger partial charge is 0.222 e. The van der Waals surface area contributed by atoms with E-state index in [1.165, 1.54) is 0 Å². The van der Waals surface area contributed by atoms with Crippen molar-refractivity contribution in [2.45, 2.75) is 26.4 Å². The largest absolute Gasteiger partial charge is 0.392 e. The van der Waals surface area contributed by atoms with Crippen LogP contribution >= 0.6 is 0 Å². The fourth-order valence-corrected chi connectivity index (χ4v) is 0.804. The Morgan fingerprint density at radius 1 is 1.58 bits per heavy atom. The molecule has 1 unspecified atom stereocenters. The molecule has 0 fully saturated rings. The molecule has 4 heteroatoms. The number of carbonyl (C=O) groups is 1. The number of hydrogen-bond acceptors (Lipinski definition) is 3. The Morgan fingerprint density at radius 2 is 2.17 bits per heavy atom. The molecule has 0 aliphatic heterocycles. The first-order valence-corrected chi connectivity index (χ1v) is 4.23. The van der Waals surface area contributed by atoms with Crippen molar-refractivity contribution in [3.05, 3.63) is 0 Å². The van der Waals surface area contributed by atoms with Crippen LogP contribution in [0.25, 0.3) is 0 Å². The monoisotopic (exact) mass is 174 g/mol. The molecule has 0 radical (unpaired) electrons. The van der Waals surface area contributed by atoms with E-state index in [1.807, 2.05) is 6.92 Å². The Kier molecular flexibility index (Phi) is 5.66. The molecule has 0 saturated heterocycles. The second-order valence-corrected chi connectivity index (χ2v) is 3.07. The number of aliphatic hydroxyl groups excluding tert-OH is 1. The number of nitrogens with one attached hydrogen (secondary N) is 1. The highest BCUT2D eigenvalue weighted by Crippen LogP contribution is 1.98. The minimum Gasteiger partial charge on any atom is -0.392 e. The summed E-state index contributed by atoms with van der Waals surface area (Å²) in [6.45, 7) is 4.29. The van der Waals surface area contributed by atoms with Gasteiger partial charge in [0.2, 0.25) is 5.91 Å². The zero-order valence-electron chi connectivity index (χ0n) is 7.71. The number of hydrogen-bond donors (Lipinski definition) is 3. The molecule has 4 N–H and O–H groups in total. The Labute approximate surface area is 73.1 Å². The zero-order chi connectivity index (χ0) is 9.56. The summed E-state index contributed by atoms with van der Waals surface area (Å²) in [5, 5.41) is 11.5. The molecule has 0 aliphatic rings. The molecule has 0 heterocycles. The highest BCUT2D eigenvalue weighted by atomic mass is 16.3. The molecule has 1 amide bonds. The molecular weight excluding hydrogens is 156 g/mol. The molecule has 72 valence electrons. The molecule has 12 heavy (non-hydrogen) atoms. The van der Waals surface area contributed by atoms with E-state index in [1.54, 1.807) is 6.92 Å². The first kappa shape index (κ1) is 11.4. The lowest BCUT2D eigenvalue weighted by atomic mass is 10.1. The van der Waals surface area contributed by atoms with Gasteiger partial charge in [-0.05, 0) is 19.9 Å². The Balaban J connectivity index is 3.57. The van der Waals surface area contributed by atoms with E-state index in [0.717, 1.165) is 0 Å². The number of aliphatic hydroxyl groups is 1. The summed E-state index contributed by atoms with van der Waals surface area (Å²) in [4.78, 5) is 11.2. The van der Waals surface area contributed by atoms with Gasteiger partial charge in [-0.2, -0.15) is 0 Å². The van der Waals surface area contributed by atoms with Crippen molar-refractivity contribution in [3.63, 3.8) is 0 Å². The summed E-state index contributed by atoms with van der Waals surface area (Å²) in [5.41, 5.74) is 5.29. The predicted octanol–water partition coefficient (Wildman–Crippen LogP) is -0.532. The van der Waals surface area contributed by atoms with Crippen LogP contribution in [0, 0.1) is 5.92 Å². The second-order valence-electron chi connectivity index (χ2n) is 3.07. The van der Waals surface area contributed by atoms with Gasteiger partial charge in [-0.3, -0.25) is 4.79 Å². The van der Waals surface area contributed by atoms with Crippen molar-refractivity contribution in [1.82, 2.24) is 5.32 Å². The standard InChI is InChI=1S/C8H18N2O2/c1-6(3-4-9)8(12)10-5-7(2)11/h6-7,11H,3-5,9H2,1-2H3,(H,10,12)/t6?,7-/m1/s1. The predicted molar refractivity (Wildman–Crippen MR) is 47.5 cm³/mol. The maximum absolute atomic E-state index is 11.2. The number of rotatable bonds is 5. The summed E-state index contributed by atoms with van der Waals surface area (Å²) in [7, 11) is 0. The van der Waals surface area contributed by atoms with E-state index in [2.05, 4.69) is 5.32 Å². The summed E-state index contributed by atoms with van der Waals surface area (Å²) in [6.07, 6.45) is 0.199. The summed E-state index contributed by atoms with van der Waals surface area (Å²) in [5.74, 6) is -0.102. The second kappa shape index (κ2) is 5.97. The summed E-state index contributed by atoms with van der Waals surface area (Å²) < 4.78 is 0. The third-order valence-corrected chi connectivity index (χ3v) is 1.62. The van der Waals surface area contributed by atoms with Gasteiger partial charge in [0.25, 0.3) is 0 Å². The molecule has 0 bridgehead atoms. The van der Waals surface area contributed by atoms with Crippen LogP contribution in [0.2, 0.25) is 0 Å². The number of amides is 1. The van der Waals surface area contributed by atoms with Crippen LogP contribution in [0.15, 0.2) is 0 Å². The maximum Gasteiger partial charge on any atom is 0.222 e. The lowest BCUT2D eigenvalue weighted by molar-refractivity contribution is -0.125. The van der Waals surface area contributed by atoms with Crippen LogP contribution in [-0.4, -0.2) is 30.2 Å². The van der Waals surface area contributed by atoms with Crippen LogP contribution < -0.4 is 11.1 Å². The average molecular weight is 174 g/mol. The molecule has 0 aromatic rings. The quantitative estimate of drug-likeness (QED) is 0.524. The first-order chi connectivity index (χ1) is 5.57. The van der Waals surface area contributed by atoms with Crippen LogP contribution in [0.4, 0.5) is 0 Å². The van der Waals surface area contributed by atoms with Crippen molar-refractivity contribution < 1.29 is 9.90 Å². The van der Waals surface area contributed by atoms with Crippen molar-refractivity contribution in [3.8, 4) is 0 Å². The van der Waals surface area contributed by atoms with E-state index in [9.17, 15) is 4.79 Å². The topological polar surface area (TPSA) is 75.4 Å². The van der Waals surface area contributed by atoms with Gasteiger partial charge in [-0.25, -0.2) is 0 Å². The van der Waals surface area contributed by atoms with Crippen molar-refractivity contribution in [1.29, 1.82) is 0 Å². The van der Waals surface area contributed by atoms with Crippen LogP contribution in [0.1, 0.15) is 20.3 Å². The SMILES string of the molecule is CC(CCN)C(=O)NC[C@@H](C)O. The van der Waals surface area contributed by atoms with Gasteiger partial charge in [0.05, 0.1) is 6.10 Å².